The van der Waals surface area contributed by atoms with Gasteiger partial charge in [0.2, 0.25) is 0 Å². The Kier molecular flexibility index (Phi) is 5.15. The van der Waals surface area contributed by atoms with Gasteiger partial charge in [-0.1, -0.05) is 12.1 Å². The summed E-state index contributed by atoms with van der Waals surface area (Å²) in [5, 5.41) is 10.6. The first kappa shape index (κ1) is 20.8. The smallest absolute Gasteiger partial charge is 0.335 e. The van der Waals surface area contributed by atoms with Crippen molar-refractivity contribution < 1.29 is 19.4 Å². The number of hydrogen-bond donors (Lipinski definition) is 2. The monoisotopic (exact) mass is 446 g/mol. The molecule has 3 aromatic rings. The summed E-state index contributed by atoms with van der Waals surface area (Å²) in [4.78, 5) is 17.3. The fourth-order valence-corrected chi connectivity index (χ4v) is 5.58. The van der Waals surface area contributed by atoms with Gasteiger partial charge in [-0.25, -0.2) is 4.79 Å². The topological polar surface area (TPSA) is 74.8 Å². The van der Waals surface area contributed by atoms with E-state index in [0.29, 0.717) is 12.2 Å². The van der Waals surface area contributed by atoms with E-state index in [1.165, 1.54) is 34.9 Å². The summed E-state index contributed by atoms with van der Waals surface area (Å²) in [6.45, 7) is 4.55. The number of aromatic nitrogens is 1. The van der Waals surface area contributed by atoms with Crippen molar-refractivity contribution in [3.8, 4) is 5.75 Å². The number of fused-ring (bicyclic) bond motifs is 3. The molecular weight excluding hydrogens is 416 g/mol. The standard InChI is InChI=1S/C27H30N2O4/c1-16-12-24-25(21-8-10-28-26(16)21)23(15-33-24)29-11-9-20(32-14-17-2-3-17)13-22(29)18-4-6-19(7-5-18)27(30)31/h4-8,10,12,17,20,22-23,28H,2-3,9,11,13-15H2,1H3,(H,30,31)/t20-,22-,23?/m1/s1. The molecular formula is C27H30N2O4. The Balaban J connectivity index is 1.34. The van der Waals surface area contributed by atoms with Crippen LogP contribution in [0.2, 0.25) is 0 Å². The second-order valence-corrected chi connectivity index (χ2v) is 9.80. The summed E-state index contributed by atoms with van der Waals surface area (Å²) in [6, 6.07) is 12.0. The molecule has 2 aliphatic heterocycles. The minimum Gasteiger partial charge on any atom is -0.491 e. The molecule has 1 unspecified atom stereocenters. The number of nitrogens with zero attached hydrogens (tertiary/aromatic N) is 1. The van der Waals surface area contributed by atoms with Crippen LogP contribution in [0.1, 0.15) is 64.8 Å². The maximum Gasteiger partial charge on any atom is 0.335 e. The number of aromatic carboxylic acids is 1. The lowest BCUT2D eigenvalue weighted by atomic mass is 9.89. The zero-order chi connectivity index (χ0) is 22.5. The van der Waals surface area contributed by atoms with Gasteiger partial charge in [-0.15, -0.1) is 0 Å². The average Bonchev–Trinajstić information content (AvgIpc) is 3.35. The molecule has 3 atom stereocenters. The molecule has 0 bridgehead atoms. The van der Waals surface area contributed by atoms with E-state index >= 15 is 0 Å². The summed E-state index contributed by atoms with van der Waals surface area (Å²) in [5.74, 6) is 0.837. The Labute approximate surface area is 193 Å². The molecule has 0 radical (unpaired) electrons. The van der Waals surface area contributed by atoms with Gasteiger partial charge in [0, 0.05) is 41.9 Å². The molecule has 1 saturated heterocycles. The van der Waals surface area contributed by atoms with E-state index in [2.05, 4.69) is 28.9 Å². The Morgan fingerprint density at radius 3 is 2.76 bits per heavy atom. The molecule has 0 spiro atoms. The van der Waals surface area contributed by atoms with Crippen molar-refractivity contribution in [3.05, 3.63) is 64.8 Å². The highest BCUT2D eigenvalue weighted by molar-refractivity contribution is 5.89. The highest BCUT2D eigenvalue weighted by Gasteiger charge is 2.40. The number of likely N-dealkylation sites (tertiary alicyclic amines) is 1. The van der Waals surface area contributed by atoms with Gasteiger partial charge in [0.15, 0.2) is 0 Å². The number of nitrogens with one attached hydrogen (secondary N) is 1. The first-order chi connectivity index (χ1) is 16.1. The van der Waals surface area contributed by atoms with Crippen molar-refractivity contribution in [2.45, 2.75) is 50.8 Å². The number of aromatic amines is 1. The number of carbonyl (C=O) groups is 1. The van der Waals surface area contributed by atoms with E-state index in [9.17, 15) is 9.90 Å². The van der Waals surface area contributed by atoms with Crippen LogP contribution in [0, 0.1) is 12.8 Å². The molecule has 3 aliphatic rings. The van der Waals surface area contributed by atoms with Crippen molar-refractivity contribution in [2.75, 3.05) is 19.8 Å². The quantitative estimate of drug-likeness (QED) is 0.542. The van der Waals surface area contributed by atoms with Crippen molar-refractivity contribution >= 4 is 16.9 Å². The summed E-state index contributed by atoms with van der Waals surface area (Å²) >= 11 is 0. The van der Waals surface area contributed by atoms with Gasteiger partial charge in [-0.3, -0.25) is 4.90 Å². The molecule has 3 heterocycles. The van der Waals surface area contributed by atoms with Gasteiger partial charge in [0.1, 0.15) is 12.4 Å². The molecule has 0 amide bonds. The van der Waals surface area contributed by atoms with Crippen LogP contribution in [0.15, 0.2) is 42.6 Å². The van der Waals surface area contributed by atoms with Gasteiger partial charge in [0.05, 0.1) is 17.7 Å². The second-order valence-electron chi connectivity index (χ2n) is 9.80. The minimum atomic E-state index is -0.893. The van der Waals surface area contributed by atoms with Crippen molar-refractivity contribution in [3.63, 3.8) is 0 Å². The largest absolute Gasteiger partial charge is 0.491 e. The lowest BCUT2D eigenvalue weighted by Crippen LogP contribution is -2.42. The van der Waals surface area contributed by atoms with E-state index in [-0.39, 0.29) is 18.2 Å². The highest BCUT2D eigenvalue weighted by atomic mass is 16.5. The number of carboxylic acids is 1. The molecule has 6 nitrogen and oxygen atoms in total. The predicted octanol–water partition coefficient (Wildman–Crippen LogP) is 5.24. The maximum absolute atomic E-state index is 11.4. The Hall–Kier alpha value is -2.83. The second kappa shape index (κ2) is 8.19. The normalized spacial score (nSPS) is 25.2. The fourth-order valence-electron chi connectivity index (χ4n) is 5.58. The molecule has 172 valence electrons. The Morgan fingerprint density at radius 2 is 2.00 bits per heavy atom. The van der Waals surface area contributed by atoms with Gasteiger partial charge in [-0.05, 0) is 73.9 Å². The van der Waals surface area contributed by atoms with Crippen LogP contribution in [0.4, 0.5) is 0 Å². The number of aryl methyl sites for hydroxylation is 1. The van der Waals surface area contributed by atoms with E-state index in [0.717, 1.165) is 43.2 Å². The molecule has 6 heteroatoms. The van der Waals surface area contributed by atoms with Crippen LogP contribution >= 0.6 is 0 Å². The summed E-state index contributed by atoms with van der Waals surface area (Å²) < 4.78 is 12.5. The van der Waals surface area contributed by atoms with E-state index < -0.39 is 5.97 Å². The van der Waals surface area contributed by atoms with Crippen molar-refractivity contribution in [1.82, 2.24) is 9.88 Å². The van der Waals surface area contributed by atoms with Crippen LogP contribution in [0.5, 0.6) is 5.75 Å². The maximum atomic E-state index is 11.4. The van der Waals surface area contributed by atoms with Crippen LogP contribution in [0.3, 0.4) is 0 Å². The van der Waals surface area contributed by atoms with E-state index in [1.54, 1.807) is 12.1 Å². The molecule has 2 aromatic carbocycles. The first-order valence-electron chi connectivity index (χ1n) is 12.0. The predicted molar refractivity (Wildman–Crippen MR) is 126 cm³/mol. The fraction of sp³-hybridized carbons (Fsp3) is 0.444. The lowest BCUT2D eigenvalue weighted by Gasteiger charge is -2.42. The van der Waals surface area contributed by atoms with Gasteiger partial charge in [-0.2, -0.15) is 0 Å². The zero-order valence-electron chi connectivity index (χ0n) is 18.9. The minimum absolute atomic E-state index is 0.153. The van der Waals surface area contributed by atoms with Gasteiger partial charge < -0.3 is 19.6 Å². The van der Waals surface area contributed by atoms with Crippen LogP contribution in [-0.2, 0) is 4.74 Å². The molecule has 33 heavy (non-hydrogen) atoms. The third-order valence-corrected chi connectivity index (χ3v) is 7.58. The molecule has 2 fully saturated rings. The number of benzene rings is 2. The Morgan fingerprint density at radius 1 is 1.18 bits per heavy atom. The number of piperidine rings is 1. The third-order valence-electron chi connectivity index (χ3n) is 7.58. The van der Waals surface area contributed by atoms with Crippen LogP contribution in [0.25, 0.3) is 10.9 Å². The molecule has 1 aromatic heterocycles. The molecule has 6 rings (SSSR count). The summed E-state index contributed by atoms with van der Waals surface area (Å²) in [6.07, 6.45) is 6.74. The lowest BCUT2D eigenvalue weighted by molar-refractivity contribution is -0.0356. The van der Waals surface area contributed by atoms with Gasteiger partial charge in [0.25, 0.3) is 0 Å². The molecule has 1 aliphatic carbocycles. The average molecular weight is 447 g/mol. The summed E-state index contributed by atoms with van der Waals surface area (Å²) in [7, 11) is 0. The van der Waals surface area contributed by atoms with Crippen molar-refractivity contribution in [1.29, 1.82) is 0 Å². The van der Waals surface area contributed by atoms with E-state index in [4.69, 9.17) is 9.47 Å². The summed E-state index contributed by atoms with van der Waals surface area (Å²) in [5.41, 5.74) is 5.10. The number of ether oxygens (including phenoxy) is 2. The van der Waals surface area contributed by atoms with E-state index in [1.807, 2.05) is 18.3 Å². The highest BCUT2D eigenvalue weighted by Crippen LogP contribution is 2.47. The van der Waals surface area contributed by atoms with Gasteiger partial charge >= 0.3 is 5.97 Å². The SMILES string of the molecule is Cc1cc2c(c3cc[nH]c13)C(N1CC[C@@H](OCC3CC3)C[C@@H]1c1ccc(C(=O)O)cc1)CO2. The number of H-pyrrole nitrogens is 1. The third kappa shape index (κ3) is 3.81. The number of hydrogen-bond acceptors (Lipinski definition) is 4. The van der Waals surface area contributed by atoms with Crippen LogP contribution < -0.4 is 4.74 Å². The zero-order valence-corrected chi connectivity index (χ0v) is 18.9. The molecule has 1 saturated carbocycles. The molecule has 2 N–H and O–H groups in total. The number of carboxylic acid groups (broad SMARTS) is 1. The number of rotatable bonds is 6. The first-order valence-corrected chi connectivity index (χ1v) is 12.0. The van der Waals surface area contributed by atoms with Crippen molar-refractivity contribution in [2.24, 2.45) is 5.92 Å². The van der Waals surface area contributed by atoms with Crippen LogP contribution in [-0.4, -0.2) is 46.8 Å². The Bertz CT molecular complexity index is 1180.